The lowest BCUT2D eigenvalue weighted by Gasteiger charge is -2.13. The molecule has 18 heavy (non-hydrogen) atoms. The molecule has 1 aromatic rings. The number of hydrogen-bond acceptors (Lipinski definition) is 5. The van der Waals surface area contributed by atoms with Gasteiger partial charge < -0.3 is 9.84 Å². The molecule has 1 aromatic carbocycles. The Labute approximate surface area is 103 Å². The van der Waals surface area contributed by atoms with E-state index in [4.69, 9.17) is 0 Å². The average molecular weight is 277 g/mol. The Balaban J connectivity index is 3.02. The first-order valence-corrected chi connectivity index (χ1v) is 6.40. The summed E-state index contributed by atoms with van der Waals surface area (Å²) in [6.45, 7) is 1.12. The summed E-state index contributed by atoms with van der Waals surface area (Å²) in [7, 11) is -3.07. The third kappa shape index (κ3) is 3.10. The van der Waals surface area contributed by atoms with E-state index in [1.54, 1.807) is 0 Å². The number of rotatable bonds is 4. The zero-order valence-electron chi connectivity index (χ0n) is 9.68. The smallest absolute Gasteiger partial charge is 0.325 e. The Bertz CT molecular complexity index is 557. The standard InChI is InChI=1S/C10H12FNO5S/c1-6(10(14)17-2)18(15,16)12-8-5-7(11)3-4-9(8)13/h3-6,12-13H,1-2H3. The lowest BCUT2D eigenvalue weighted by Crippen LogP contribution is -2.33. The van der Waals surface area contributed by atoms with E-state index >= 15 is 0 Å². The molecule has 0 radical (unpaired) electrons. The minimum Gasteiger partial charge on any atom is -0.506 e. The molecule has 2 N–H and O–H groups in total. The second-order valence-corrected chi connectivity index (χ2v) is 5.48. The number of sulfonamides is 1. The highest BCUT2D eigenvalue weighted by atomic mass is 32.2. The number of phenols is 1. The van der Waals surface area contributed by atoms with Crippen molar-refractivity contribution in [2.75, 3.05) is 11.8 Å². The molecule has 0 spiro atoms. The van der Waals surface area contributed by atoms with Gasteiger partial charge in [0.2, 0.25) is 10.0 Å². The number of benzene rings is 1. The summed E-state index contributed by atoms with van der Waals surface area (Å²) < 4.78 is 42.6. The second kappa shape index (κ2) is 5.21. The molecule has 0 aliphatic carbocycles. The van der Waals surface area contributed by atoms with E-state index in [-0.39, 0.29) is 5.69 Å². The van der Waals surface area contributed by atoms with Crippen molar-refractivity contribution in [2.45, 2.75) is 12.2 Å². The fourth-order valence-electron chi connectivity index (χ4n) is 1.12. The van der Waals surface area contributed by atoms with Crippen LogP contribution in [-0.2, 0) is 19.6 Å². The predicted octanol–water partition coefficient (Wildman–Crippen LogP) is 0.834. The Morgan fingerprint density at radius 3 is 2.67 bits per heavy atom. The Hall–Kier alpha value is -1.83. The van der Waals surface area contributed by atoms with Crippen LogP contribution in [0.5, 0.6) is 5.75 Å². The quantitative estimate of drug-likeness (QED) is 0.628. The number of hydrogen-bond donors (Lipinski definition) is 2. The molecule has 0 aromatic heterocycles. The highest BCUT2D eigenvalue weighted by molar-refractivity contribution is 7.94. The predicted molar refractivity (Wildman–Crippen MR) is 62.1 cm³/mol. The highest BCUT2D eigenvalue weighted by Gasteiger charge is 2.29. The third-order valence-corrected chi connectivity index (χ3v) is 3.84. The molecule has 0 fully saturated rings. The van der Waals surface area contributed by atoms with Crippen LogP contribution in [0.1, 0.15) is 6.92 Å². The summed E-state index contributed by atoms with van der Waals surface area (Å²) in [6, 6.07) is 2.77. The minimum absolute atomic E-state index is 0.342. The third-order valence-electron chi connectivity index (χ3n) is 2.21. The molecule has 1 atom stereocenters. The van der Waals surface area contributed by atoms with Crippen molar-refractivity contribution in [3.63, 3.8) is 0 Å². The van der Waals surface area contributed by atoms with Gasteiger partial charge in [-0.25, -0.2) is 12.8 Å². The number of ether oxygens (including phenoxy) is 1. The van der Waals surface area contributed by atoms with Crippen molar-refractivity contribution in [1.82, 2.24) is 0 Å². The van der Waals surface area contributed by atoms with Crippen LogP contribution in [0.15, 0.2) is 18.2 Å². The van der Waals surface area contributed by atoms with Crippen LogP contribution in [0, 0.1) is 5.82 Å². The molecule has 0 heterocycles. The zero-order valence-corrected chi connectivity index (χ0v) is 10.5. The van der Waals surface area contributed by atoms with Gasteiger partial charge in [0.15, 0.2) is 5.25 Å². The molecule has 0 saturated carbocycles. The fraction of sp³-hybridized carbons (Fsp3) is 0.300. The number of aromatic hydroxyl groups is 1. The number of carbonyl (C=O) groups is 1. The van der Waals surface area contributed by atoms with Crippen LogP contribution in [0.2, 0.25) is 0 Å². The molecule has 0 bridgehead atoms. The lowest BCUT2D eigenvalue weighted by atomic mass is 10.3. The van der Waals surface area contributed by atoms with Crippen molar-refractivity contribution in [1.29, 1.82) is 0 Å². The van der Waals surface area contributed by atoms with Gasteiger partial charge in [-0.1, -0.05) is 0 Å². The second-order valence-electron chi connectivity index (χ2n) is 3.47. The summed E-state index contributed by atoms with van der Waals surface area (Å²) in [4.78, 5) is 11.1. The number of methoxy groups -OCH3 is 1. The van der Waals surface area contributed by atoms with E-state index in [9.17, 15) is 22.7 Å². The van der Waals surface area contributed by atoms with Crippen LogP contribution in [-0.4, -0.2) is 31.9 Å². The lowest BCUT2D eigenvalue weighted by molar-refractivity contribution is -0.139. The molecule has 1 unspecified atom stereocenters. The van der Waals surface area contributed by atoms with Gasteiger partial charge in [0.05, 0.1) is 12.8 Å². The summed E-state index contributed by atoms with van der Waals surface area (Å²) >= 11 is 0. The number of nitrogens with one attached hydrogen (secondary N) is 1. The van der Waals surface area contributed by atoms with Gasteiger partial charge >= 0.3 is 5.97 Å². The normalized spacial score (nSPS) is 12.8. The molecule has 1 rings (SSSR count). The highest BCUT2D eigenvalue weighted by Crippen LogP contribution is 2.25. The number of halogens is 1. The van der Waals surface area contributed by atoms with Crippen molar-refractivity contribution in [3.05, 3.63) is 24.0 Å². The number of esters is 1. The van der Waals surface area contributed by atoms with Gasteiger partial charge in [-0.15, -0.1) is 0 Å². The van der Waals surface area contributed by atoms with Crippen LogP contribution < -0.4 is 4.72 Å². The van der Waals surface area contributed by atoms with Crippen LogP contribution in [0.25, 0.3) is 0 Å². The van der Waals surface area contributed by atoms with E-state index in [1.807, 2.05) is 4.72 Å². The van der Waals surface area contributed by atoms with Gasteiger partial charge in [-0.2, -0.15) is 0 Å². The number of carbonyl (C=O) groups excluding carboxylic acids is 1. The van der Waals surface area contributed by atoms with Crippen molar-refractivity contribution in [3.8, 4) is 5.75 Å². The van der Waals surface area contributed by atoms with Gasteiger partial charge in [-0.3, -0.25) is 9.52 Å². The molecule has 100 valence electrons. The maximum atomic E-state index is 12.9. The SMILES string of the molecule is COC(=O)C(C)S(=O)(=O)Nc1cc(F)ccc1O. The largest absolute Gasteiger partial charge is 0.506 e. The van der Waals surface area contributed by atoms with E-state index in [0.717, 1.165) is 32.2 Å². The summed E-state index contributed by atoms with van der Waals surface area (Å²) in [5.41, 5.74) is -0.342. The van der Waals surface area contributed by atoms with Crippen LogP contribution >= 0.6 is 0 Å². The van der Waals surface area contributed by atoms with Crippen LogP contribution in [0.4, 0.5) is 10.1 Å². The van der Waals surface area contributed by atoms with Crippen LogP contribution in [0.3, 0.4) is 0 Å². The van der Waals surface area contributed by atoms with E-state index < -0.39 is 32.8 Å². The molecule has 0 aliphatic heterocycles. The molecule has 0 saturated heterocycles. The van der Waals surface area contributed by atoms with Gasteiger partial charge in [0, 0.05) is 6.07 Å². The maximum Gasteiger partial charge on any atom is 0.325 e. The number of phenolic OH excluding ortho intramolecular Hbond substituents is 1. The topological polar surface area (TPSA) is 92.7 Å². The monoisotopic (exact) mass is 277 g/mol. The average Bonchev–Trinajstić information content (AvgIpc) is 2.31. The molecular formula is C10H12FNO5S. The molecular weight excluding hydrogens is 265 g/mol. The Morgan fingerprint density at radius 1 is 1.50 bits per heavy atom. The van der Waals surface area contributed by atoms with E-state index in [2.05, 4.69) is 4.74 Å². The number of anilines is 1. The van der Waals surface area contributed by atoms with Gasteiger partial charge in [-0.05, 0) is 19.1 Å². The summed E-state index contributed by atoms with van der Waals surface area (Å²) in [6.07, 6.45) is 0. The molecule has 0 aliphatic rings. The first kappa shape index (κ1) is 14.2. The van der Waals surface area contributed by atoms with E-state index in [1.165, 1.54) is 0 Å². The maximum absolute atomic E-state index is 12.9. The first-order chi connectivity index (χ1) is 8.27. The molecule has 8 heteroatoms. The van der Waals surface area contributed by atoms with E-state index in [0.29, 0.717) is 0 Å². The zero-order chi connectivity index (χ0) is 13.9. The van der Waals surface area contributed by atoms with Gasteiger partial charge in [0.1, 0.15) is 11.6 Å². The van der Waals surface area contributed by atoms with Gasteiger partial charge in [0.25, 0.3) is 0 Å². The van der Waals surface area contributed by atoms with Crippen molar-refractivity contribution >= 4 is 21.7 Å². The minimum atomic E-state index is -4.12. The Morgan fingerprint density at radius 2 is 2.11 bits per heavy atom. The Kier molecular flexibility index (Phi) is 4.12. The molecule has 0 amide bonds. The summed E-state index contributed by atoms with van der Waals surface area (Å²) in [5.74, 6) is -2.13. The molecule has 6 nitrogen and oxygen atoms in total. The summed E-state index contributed by atoms with van der Waals surface area (Å²) in [5, 5.41) is 7.88. The first-order valence-electron chi connectivity index (χ1n) is 4.86. The van der Waals surface area contributed by atoms with Crippen molar-refractivity contribution < 1.29 is 27.4 Å². The fourth-order valence-corrected chi connectivity index (χ4v) is 2.12. The van der Waals surface area contributed by atoms with Crippen molar-refractivity contribution in [2.24, 2.45) is 0 Å².